The van der Waals surface area contributed by atoms with Crippen LogP contribution in [0.4, 0.5) is 0 Å². The van der Waals surface area contributed by atoms with Gasteiger partial charge in [-0.05, 0) is 42.9 Å². The van der Waals surface area contributed by atoms with Crippen LogP contribution in [0.5, 0.6) is 0 Å². The van der Waals surface area contributed by atoms with Gasteiger partial charge in [-0.25, -0.2) is 14.8 Å². The fourth-order valence-electron chi connectivity index (χ4n) is 3.41. The van der Waals surface area contributed by atoms with Crippen molar-refractivity contribution < 1.29 is 9.90 Å². The number of carboxylic acid groups (broad SMARTS) is 1. The first-order valence-electron chi connectivity index (χ1n) is 8.86. The first-order valence-corrected chi connectivity index (χ1v) is 8.86. The van der Waals surface area contributed by atoms with Crippen LogP contribution in [-0.2, 0) is 12.8 Å². The molecule has 0 aliphatic heterocycles. The molecule has 1 aromatic carbocycles. The average Bonchev–Trinajstić information content (AvgIpc) is 2.61. The smallest absolute Gasteiger partial charge is 0.335 e. The molecule has 4 heteroatoms. The zero-order chi connectivity index (χ0) is 16.9. The summed E-state index contributed by atoms with van der Waals surface area (Å²) in [6.07, 6.45) is 10.5. The number of unbranched alkanes of at least 4 members (excludes halogenated alkanes) is 2. The van der Waals surface area contributed by atoms with Gasteiger partial charge in [0.25, 0.3) is 0 Å². The summed E-state index contributed by atoms with van der Waals surface area (Å²) in [4.78, 5) is 20.2. The van der Waals surface area contributed by atoms with Crippen LogP contribution in [0.15, 0.2) is 30.5 Å². The third-order valence-electron chi connectivity index (χ3n) is 4.86. The van der Waals surface area contributed by atoms with Crippen molar-refractivity contribution in [2.45, 2.75) is 51.9 Å². The molecule has 1 aromatic heterocycles. The maximum absolute atomic E-state index is 10.9. The Hall–Kier alpha value is -2.23. The summed E-state index contributed by atoms with van der Waals surface area (Å²) in [5.41, 5.74) is 3.60. The zero-order valence-corrected chi connectivity index (χ0v) is 14.2. The highest BCUT2D eigenvalue weighted by Gasteiger charge is 2.20. The van der Waals surface area contributed by atoms with Gasteiger partial charge in [-0.15, -0.1) is 0 Å². The minimum Gasteiger partial charge on any atom is -0.478 e. The van der Waals surface area contributed by atoms with Crippen molar-refractivity contribution in [1.29, 1.82) is 0 Å². The second-order valence-corrected chi connectivity index (χ2v) is 6.65. The van der Waals surface area contributed by atoms with Gasteiger partial charge in [-0.1, -0.05) is 44.7 Å². The standard InChI is InChI=1S/C20H24N2O2/c1-2-3-4-5-14-6-11-18-17(12-14)13-21-19(22-18)15-7-9-16(10-8-15)20(23)24/h7-10,13-14H,2-6,11-12H2,1H3,(H,23,24). The summed E-state index contributed by atoms with van der Waals surface area (Å²) in [6, 6.07) is 6.76. The second kappa shape index (κ2) is 7.56. The van der Waals surface area contributed by atoms with Gasteiger partial charge in [0, 0.05) is 17.5 Å². The summed E-state index contributed by atoms with van der Waals surface area (Å²) in [6.45, 7) is 2.24. The summed E-state index contributed by atoms with van der Waals surface area (Å²) < 4.78 is 0. The van der Waals surface area contributed by atoms with E-state index < -0.39 is 5.97 Å². The summed E-state index contributed by atoms with van der Waals surface area (Å²) in [7, 11) is 0. The molecular formula is C20H24N2O2. The van der Waals surface area contributed by atoms with E-state index >= 15 is 0 Å². The van der Waals surface area contributed by atoms with E-state index in [0.29, 0.717) is 5.82 Å². The molecule has 0 saturated heterocycles. The van der Waals surface area contributed by atoms with E-state index in [1.807, 2.05) is 6.20 Å². The summed E-state index contributed by atoms with van der Waals surface area (Å²) in [5, 5.41) is 8.98. The molecule has 126 valence electrons. The first kappa shape index (κ1) is 16.6. The third-order valence-corrected chi connectivity index (χ3v) is 4.86. The molecule has 1 heterocycles. The van der Waals surface area contributed by atoms with Crippen LogP contribution in [-0.4, -0.2) is 21.0 Å². The van der Waals surface area contributed by atoms with Gasteiger partial charge >= 0.3 is 5.97 Å². The first-order chi connectivity index (χ1) is 11.7. The van der Waals surface area contributed by atoms with Crippen LogP contribution in [0.2, 0.25) is 0 Å². The quantitative estimate of drug-likeness (QED) is 0.793. The number of carboxylic acids is 1. The minimum atomic E-state index is -0.915. The van der Waals surface area contributed by atoms with Crippen LogP contribution >= 0.6 is 0 Å². The lowest BCUT2D eigenvalue weighted by molar-refractivity contribution is 0.0697. The largest absolute Gasteiger partial charge is 0.478 e. The molecule has 1 aliphatic rings. The van der Waals surface area contributed by atoms with Crippen LogP contribution < -0.4 is 0 Å². The van der Waals surface area contributed by atoms with Crippen molar-refractivity contribution in [3.63, 3.8) is 0 Å². The van der Waals surface area contributed by atoms with Crippen molar-refractivity contribution in [2.24, 2.45) is 5.92 Å². The van der Waals surface area contributed by atoms with Gasteiger partial charge in [-0.3, -0.25) is 0 Å². The van der Waals surface area contributed by atoms with E-state index in [-0.39, 0.29) is 5.56 Å². The number of aromatic carboxylic acids is 1. The molecule has 24 heavy (non-hydrogen) atoms. The topological polar surface area (TPSA) is 63.1 Å². The van der Waals surface area contributed by atoms with Crippen molar-refractivity contribution in [1.82, 2.24) is 9.97 Å². The van der Waals surface area contributed by atoms with Crippen molar-refractivity contribution >= 4 is 5.97 Å². The van der Waals surface area contributed by atoms with Crippen molar-refractivity contribution in [3.8, 4) is 11.4 Å². The van der Waals surface area contributed by atoms with E-state index in [9.17, 15) is 4.79 Å². The van der Waals surface area contributed by atoms with Gasteiger partial charge in [0.1, 0.15) is 0 Å². The SMILES string of the molecule is CCCCCC1CCc2nc(-c3ccc(C(=O)O)cc3)ncc2C1. The van der Waals surface area contributed by atoms with E-state index in [4.69, 9.17) is 10.1 Å². The Morgan fingerprint density at radius 3 is 2.75 bits per heavy atom. The van der Waals surface area contributed by atoms with Gasteiger partial charge < -0.3 is 5.11 Å². The number of benzene rings is 1. The van der Waals surface area contributed by atoms with Crippen molar-refractivity contribution in [3.05, 3.63) is 47.3 Å². The van der Waals surface area contributed by atoms with E-state index in [1.165, 1.54) is 37.7 Å². The molecule has 0 saturated carbocycles. The maximum Gasteiger partial charge on any atom is 0.335 e. The number of hydrogen-bond donors (Lipinski definition) is 1. The molecule has 0 radical (unpaired) electrons. The Kier molecular flexibility index (Phi) is 5.24. The number of rotatable bonds is 6. The number of fused-ring (bicyclic) bond motifs is 1. The summed E-state index contributed by atoms with van der Waals surface area (Å²) >= 11 is 0. The molecule has 1 atom stereocenters. The monoisotopic (exact) mass is 324 g/mol. The lowest BCUT2D eigenvalue weighted by Crippen LogP contribution is -2.16. The zero-order valence-electron chi connectivity index (χ0n) is 14.2. The third kappa shape index (κ3) is 3.81. The fraction of sp³-hybridized carbons (Fsp3) is 0.450. The van der Waals surface area contributed by atoms with E-state index in [1.54, 1.807) is 24.3 Å². The highest BCUT2D eigenvalue weighted by atomic mass is 16.4. The van der Waals surface area contributed by atoms with Gasteiger partial charge in [0.15, 0.2) is 5.82 Å². The van der Waals surface area contributed by atoms with Crippen molar-refractivity contribution in [2.75, 3.05) is 0 Å². The molecule has 0 spiro atoms. The lowest BCUT2D eigenvalue weighted by atomic mass is 9.84. The molecule has 0 bridgehead atoms. The normalized spacial score (nSPS) is 16.6. The Labute approximate surface area is 143 Å². The number of carbonyl (C=O) groups is 1. The molecule has 0 fully saturated rings. The Bertz CT molecular complexity index is 710. The molecule has 1 unspecified atom stereocenters. The summed E-state index contributed by atoms with van der Waals surface area (Å²) in [5.74, 6) is 0.547. The van der Waals surface area contributed by atoms with E-state index in [0.717, 1.165) is 30.0 Å². The van der Waals surface area contributed by atoms with Crippen LogP contribution in [0.1, 0.15) is 60.6 Å². The second-order valence-electron chi connectivity index (χ2n) is 6.65. The number of nitrogens with zero attached hydrogens (tertiary/aromatic N) is 2. The van der Waals surface area contributed by atoms with Crippen LogP contribution in [0.25, 0.3) is 11.4 Å². The predicted octanol–water partition coefficient (Wildman–Crippen LogP) is 4.53. The molecule has 1 N–H and O–H groups in total. The molecular weight excluding hydrogens is 300 g/mol. The lowest BCUT2D eigenvalue weighted by Gasteiger charge is -2.23. The molecule has 0 amide bonds. The fourth-order valence-corrected chi connectivity index (χ4v) is 3.41. The number of aryl methyl sites for hydroxylation is 1. The molecule has 4 nitrogen and oxygen atoms in total. The Morgan fingerprint density at radius 1 is 1.25 bits per heavy atom. The highest BCUT2D eigenvalue weighted by molar-refractivity contribution is 5.88. The predicted molar refractivity (Wildman–Crippen MR) is 94.1 cm³/mol. The Balaban J connectivity index is 1.72. The van der Waals surface area contributed by atoms with Gasteiger partial charge in [-0.2, -0.15) is 0 Å². The number of hydrogen-bond acceptors (Lipinski definition) is 3. The number of aromatic nitrogens is 2. The van der Waals surface area contributed by atoms with Gasteiger partial charge in [0.05, 0.1) is 5.56 Å². The van der Waals surface area contributed by atoms with Crippen LogP contribution in [0, 0.1) is 5.92 Å². The Morgan fingerprint density at radius 2 is 2.04 bits per heavy atom. The average molecular weight is 324 g/mol. The minimum absolute atomic E-state index is 0.284. The molecule has 3 rings (SSSR count). The molecule has 2 aromatic rings. The maximum atomic E-state index is 10.9. The van der Waals surface area contributed by atoms with E-state index in [2.05, 4.69) is 11.9 Å². The highest BCUT2D eigenvalue weighted by Crippen LogP contribution is 2.29. The van der Waals surface area contributed by atoms with Gasteiger partial charge in [0.2, 0.25) is 0 Å². The van der Waals surface area contributed by atoms with Crippen LogP contribution in [0.3, 0.4) is 0 Å². The molecule has 1 aliphatic carbocycles.